The molecule has 0 aliphatic heterocycles. The fraction of sp³-hybridized carbons (Fsp3) is 0.0741. The first-order chi connectivity index (χ1) is 25.8. The van der Waals surface area contributed by atoms with Gasteiger partial charge in [0.25, 0.3) is 0 Å². The molecule has 0 saturated heterocycles. The van der Waals surface area contributed by atoms with Gasteiger partial charge in [0.1, 0.15) is 30.4 Å². The van der Waals surface area contributed by atoms with Crippen LogP contribution in [-0.2, 0) is 54.8 Å². The molecule has 5 rings (SSSR count). The second-order valence-electron chi connectivity index (χ2n) is 10.7. The third-order valence-electron chi connectivity index (χ3n) is 6.95. The topological polar surface area (TPSA) is 380 Å². The Hall–Kier alpha value is -1.01. The van der Waals surface area contributed by atoms with E-state index in [0.29, 0.717) is 18.2 Å². The molecule has 0 aliphatic rings. The van der Waals surface area contributed by atoms with Crippen LogP contribution in [0.3, 0.4) is 0 Å². The van der Waals surface area contributed by atoms with Gasteiger partial charge in [0.05, 0.1) is 49.0 Å². The van der Waals surface area contributed by atoms with Crippen LogP contribution in [-0.4, -0.2) is 87.6 Å². The van der Waals surface area contributed by atoms with Crippen molar-refractivity contribution in [2.24, 2.45) is 10.2 Å². The van der Waals surface area contributed by atoms with E-state index in [1.165, 1.54) is 18.2 Å². The largest absolute Gasteiger partial charge is 1.00 e. The predicted molar refractivity (Wildman–Crippen MR) is 185 cm³/mol. The Labute approximate surface area is 434 Å². The summed E-state index contributed by atoms with van der Waals surface area (Å²) in [6.07, 6.45) is 0. The smallest absolute Gasteiger partial charge is 0.870 e. The number of azo groups is 1. The first kappa shape index (κ1) is 57.0. The molecule has 4 aromatic carbocycles. The van der Waals surface area contributed by atoms with Crippen molar-refractivity contribution in [2.45, 2.75) is 19.6 Å². The maximum Gasteiger partial charge on any atom is 1.00 e. The maximum absolute atomic E-state index is 13.9. The number of nitrogens with zero attached hydrogens (tertiary/aromatic N) is 5. The molecule has 0 radical (unpaired) electrons. The zero-order valence-corrected chi connectivity index (χ0v) is 43.8. The molecule has 5 aromatic rings. The van der Waals surface area contributed by atoms with Crippen LogP contribution in [0.25, 0.3) is 10.8 Å². The molecule has 0 fully saturated rings. The van der Waals surface area contributed by atoms with Gasteiger partial charge in [0, 0.05) is 5.69 Å². The van der Waals surface area contributed by atoms with E-state index in [0.717, 1.165) is 30.3 Å². The number of nitrogens with one attached hydrogen (secondary N) is 2. The van der Waals surface area contributed by atoms with E-state index < -0.39 is 128 Å². The number of hydrogen-bond donors (Lipinski definition) is 3. The monoisotopic (exact) mass is 983 g/mol. The van der Waals surface area contributed by atoms with Crippen LogP contribution in [0.1, 0.15) is 0 Å². The number of halogens is 1. The van der Waals surface area contributed by atoms with Gasteiger partial charge in [0.15, 0.2) is 9.84 Å². The average Bonchev–Trinajstić information content (AvgIpc) is 3.05. The molecule has 298 valence electrons. The minimum atomic E-state index is -5.64. The van der Waals surface area contributed by atoms with Crippen LogP contribution < -0.4 is 134 Å². The van der Waals surface area contributed by atoms with Gasteiger partial charge in [0.2, 0.25) is 17.2 Å². The Balaban J connectivity index is 0.00000450. The second-order valence-corrected chi connectivity index (χ2v) is 18.4. The number of fused-ring (bicyclic) bond motifs is 1. The fourth-order valence-electron chi connectivity index (χ4n) is 4.68. The maximum atomic E-state index is 13.9. The Morgan fingerprint density at radius 1 is 0.667 bits per heavy atom. The van der Waals surface area contributed by atoms with Crippen molar-refractivity contribution in [2.75, 3.05) is 23.0 Å². The number of anilines is 4. The van der Waals surface area contributed by atoms with Gasteiger partial charge in [-0.2, -0.15) is 28.5 Å². The van der Waals surface area contributed by atoms with Gasteiger partial charge in [-0.05, 0) is 70.9 Å². The summed E-state index contributed by atoms with van der Waals surface area (Å²) >= 11 is 6.01. The van der Waals surface area contributed by atoms with Gasteiger partial charge >= 0.3 is 129 Å². The van der Waals surface area contributed by atoms with Crippen LogP contribution in [0.15, 0.2) is 96.5 Å². The van der Waals surface area contributed by atoms with Crippen molar-refractivity contribution < 1.29 is 188 Å². The standard InChI is InChI=1S/C27H22ClN7O16S5.4Na/c28-25-31-26(29-18-6-1-2-7-20(18)54(42,43)44)33-27(32-25)30-19-13-17(53(39,40)41)10-14-11-21(55(45,46)47)23(24(36)22(14)19)35-34-15-4-3-5-16(12-15)52(37,38)9-8-51-56(48,49)50;;;;/h1-7,10-13,36H,8-9H2,(H,39,40,41)(H,42,43,44)(H,45,46,47)(H,48,49,50)(H2,29,30,31,32,33);;;;/q;4*+1/p-4. The van der Waals surface area contributed by atoms with E-state index in [1.54, 1.807) is 0 Å². The molecule has 0 aliphatic carbocycles. The van der Waals surface area contributed by atoms with E-state index in [1.807, 2.05) is 0 Å². The van der Waals surface area contributed by atoms with Crippen LogP contribution in [0.4, 0.5) is 34.6 Å². The van der Waals surface area contributed by atoms with Crippen LogP contribution >= 0.6 is 11.6 Å². The summed E-state index contributed by atoms with van der Waals surface area (Å²) in [6, 6.07) is 10.6. The van der Waals surface area contributed by atoms with E-state index in [2.05, 4.69) is 40.0 Å². The minimum Gasteiger partial charge on any atom is -0.870 e. The van der Waals surface area contributed by atoms with Gasteiger partial charge in [-0.1, -0.05) is 23.9 Å². The van der Waals surface area contributed by atoms with Crippen molar-refractivity contribution in [1.29, 1.82) is 0 Å². The summed E-state index contributed by atoms with van der Waals surface area (Å²) < 4.78 is 168. The predicted octanol–water partition coefficient (Wildman–Crippen LogP) is -10.0. The molecule has 33 heteroatoms. The van der Waals surface area contributed by atoms with Gasteiger partial charge in [-0.25, -0.2) is 37.9 Å². The van der Waals surface area contributed by atoms with Crippen molar-refractivity contribution in [1.82, 2.24) is 15.0 Å². The van der Waals surface area contributed by atoms with Crippen molar-refractivity contribution in [3.05, 3.63) is 72.0 Å². The number of benzene rings is 4. The zero-order valence-electron chi connectivity index (χ0n) is 31.0. The Morgan fingerprint density at radius 3 is 1.82 bits per heavy atom. The van der Waals surface area contributed by atoms with E-state index in [-0.39, 0.29) is 130 Å². The molecule has 0 spiro atoms. The molecule has 3 N–H and O–H groups in total. The van der Waals surface area contributed by atoms with Gasteiger partial charge in [-0.15, -0.1) is 5.11 Å². The number of hydrogen-bond acceptors (Lipinski definition) is 22. The minimum absolute atomic E-state index is 0. The third-order valence-corrected chi connectivity index (χ3v) is 11.8. The molecule has 0 saturated carbocycles. The molecular formula is C27H18ClN7Na4O16S5. The summed E-state index contributed by atoms with van der Waals surface area (Å²) in [4.78, 5) is 7.88. The average molecular weight is 984 g/mol. The van der Waals surface area contributed by atoms with Crippen molar-refractivity contribution >= 4 is 108 Å². The Bertz CT molecular complexity index is 3030. The third kappa shape index (κ3) is 15.0. The SMILES string of the molecule is O=S(=O)(O)OCCS(=O)(=O)c1cccc(N=Nc2c(S(=O)(=O)[O-])cc3cc(S(=O)(=O)[O-])cc(Nc4nc(Cl)nc(Nc5ccccc5S(=O)(=O)[O-])n4)c3c2[O-])c1.[Na+].[Na+].[Na+].[Na+]. The van der Waals surface area contributed by atoms with E-state index in [9.17, 15) is 60.9 Å². The normalized spacial score (nSPS) is 12.1. The summed E-state index contributed by atoms with van der Waals surface area (Å²) in [6.45, 7) is -0.978. The Kier molecular flexibility index (Phi) is 21.1. The van der Waals surface area contributed by atoms with E-state index >= 15 is 0 Å². The van der Waals surface area contributed by atoms with Gasteiger partial charge in [-0.3, -0.25) is 4.55 Å². The number of aromatic nitrogens is 3. The first-order valence-corrected chi connectivity index (χ1v) is 22.0. The molecular weight excluding hydrogens is 966 g/mol. The molecule has 1 heterocycles. The number of para-hydroxylation sites is 1. The molecule has 60 heavy (non-hydrogen) atoms. The molecule has 0 atom stereocenters. The van der Waals surface area contributed by atoms with Crippen LogP contribution in [0.5, 0.6) is 5.75 Å². The summed E-state index contributed by atoms with van der Waals surface area (Å²) in [5.74, 6) is -3.48. The number of sulfone groups is 1. The summed E-state index contributed by atoms with van der Waals surface area (Å²) in [5.41, 5.74) is -2.45. The molecule has 1 aromatic heterocycles. The van der Waals surface area contributed by atoms with Crippen molar-refractivity contribution in [3.63, 3.8) is 0 Å². The van der Waals surface area contributed by atoms with Crippen LogP contribution in [0.2, 0.25) is 5.28 Å². The summed E-state index contributed by atoms with van der Waals surface area (Å²) in [7, 11) is -25.3. The second kappa shape index (κ2) is 22.3. The van der Waals surface area contributed by atoms with E-state index in [4.69, 9.17) is 16.2 Å². The molecule has 0 bridgehead atoms. The van der Waals surface area contributed by atoms with Crippen LogP contribution in [0, 0.1) is 0 Å². The zero-order chi connectivity index (χ0) is 41.4. The quantitative estimate of drug-likeness (QED) is 0.0528. The Morgan fingerprint density at radius 2 is 1.25 bits per heavy atom. The first-order valence-electron chi connectivity index (χ1n) is 14.4. The van der Waals surface area contributed by atoms with Crippen molar-refractivity contribution in [3.8, 4) is 5.75 Å². The van der Waals surface area contributed by atoms with Gasteiger partial charge < -0.3 is 29.4 Å². The number of rotatable bonds is 14. The summed E-state index contributed by atoms with van der Waals surface area (Å²) in [5, 5.41) is 24.2. The molecule has 23 nitrogen and oxygen atoms in total. The molecule has 0 unspecified atom stereocenters. The molecule has 0 amide bonds. The fourth-order valence-corrected chi connectivity index (χ4v) is 8.17.